The minimum Gasteiger partial charge on any atom is -0.462 e. The molecule has 0 aliphatic carbocycles. The fraction of sp³-hybridized carbons (Fsp3) is 0.900. The van der Waals surface area contributed by atoms with Gasteiger partial charge in [-0.25, -0.2) is 0 Å². The van der Waals surface area contributed by atoms with Crippen LogP contribution in [0.5, 0.6) is 0 Å². The lowest BCUT2D eigenvalue weighted by Crippen LogP contribution is -2.30. The van der Waals surface area contributed by atoms with E-state index >= 15 is 0 Å². The maximum absolute atomic E-state index is 12.9. The third-order valence-corrected chi connectivity index (χ3v) is 15.7. The van der Waals surface area contributed by atoms with Crippen molar-refractivity contribution in [2.45, 2.75) is 393 Å². The largest absolute Gasteiger partial charge is 0.462 e. The van der Waals surface area contributed by atoms with Gasteiger partial charge in [0.1, 0.15) is 13.2 Å². The molecular weight excluding hydrogens is 937 g/mol. The molecule has 0 aromatic rings. The summed E-state index contributed by atoms with van der Waals surface area (Å²) in [4.78, 5) is 38.3. The molecule has 6 heteroatoms. The van der Waals surface area contributed by atoms with Crippen LogP contribution in [0.3, 0.4) is 0 Å². The number of ether oxygens (including phenoxy) is 3. The highest BCUT2D eigenvalue weighted by atomic mass is 16.6. The van der Waals surface area contributed by atoms with Crippen molar-refractivity contribution in [3.8, 4) is 0 Å². The zero-order valence-electron chi connectivity index (χ0n) is 51.6. The van der Waals surface area contributed by atoms with E-state index in [-0.39, 0.29) is 31.1 Å². The van der Waals surface area contributed by atoms with Crippen LogP contribution in [-0.4, -0.2) is 37.2 Å². The van der Waals surface area contributed by atoms with E-state index in [4.69, 9.17) is 14.2 Å². The first kappa shape index (κ1) is 73.9. The van der Waals surface area contributed by atoms with Crippen LogP contribution in [-0.2, 0) is 28.6 Å². The van der Waals surface area contributed by atoms with Crippen molar-refractivity contribution in [1.29, 1.82) is 0 Å². The second kappa shape index (κ2) is 65.4. The molecule has 0 aliphatic heterocycles. The molecule has 0 aromatic heterocycles. The maximum atomic E-state index is 12.9. The predicted octanol–water partition coefficient (Wildman–Crippen LogP) is 23.4. The van der Waals surface area contributed by atoms with Gasteiger partial charge in [0.2, 0.25) is 0 Å². The van der Waals surface area contributed by atoms with Crippen molar-refractivity contribution in [3.63, 3.8) is 0 Å². The number of hydrogen-bond acceptors (Lipinski definition) is 6. The molecule has 6 nitrogen and oxygen atoms in total. The molecule has 0 amide bonds. The Morgan fingerprint density at radius 1 is 0.263 bits per heavy atom. The summed E-state index contributed by atoms with van der Waals surface area (Å²) in [6.45, 7) is 6.64. The standard InChI is InChI=1S/C70H132O6/c1-4-7-10-13-16-19-22-25-27-29-31-32-33-34-35-36-37-38-39-41-42-45-48-51-54-57-60-63-69(72)75-66-67(65-74-68(71)62-59-56-53-50-47-44-24-21-18-15-12-9-6-3)76-70(73)64-61-58-55-52-49-46-43-40-30-28-26-23-20-17-14-11-8-5-2/h12,15,21,24,67H,4-11,13-14,16-20,22-23,25-66H2,1-3H3/b15-12-,24-21-. The molecule has 0 rings (SSSR count). The molecule has 0 bridgehead atoms. The number of rotatable bonds is 64. The molecule has 0 heterocycles. The highest BCUT2D eigenvalue weighted by Gasteiger charge is 2.19. The molecule has 0 saturated carbocycles. The van der Waals surface area contributed by atoms with Crippen molar-refractivity contribution in [1.82, 2.24) is 0 Å². The Balaban J connectivity index is 4.18. The Hall–Kier alpha value is -2.11. The smallest absolute Gasteiger partial charge is 0.306 e. The minimum atomic E-state index is -0.773. The molecular formula is C70H132O6. The van der Waals surface area contributed by atoms with Crippen LogP contribution in [0.25, 0.3) is 0 Å². The highest BCUT2D eigenvalue weighted by molar-refractivity contribution is 5.71. The Bertz CT molecular complexity index is 1230. The summed E-state index contributed by atoms with van der Waals surface area (Å²) >= 11 is 0. The summed E-state index contributed by atoms with van der Waals surface area (Å²) in [6, 6.07) is 0. The van der Waals surface area contributed by atoms with Crippen molar-refractivity contribution in [3.05, 3.63) is 24.3 Å². The predicted molar refractivity (Wildman–Crippen MR) is 330 cm³/mol. The van der Waals surface area contributed by atoms with Crippen LogP contribution in [0.1, 0.15) is 387 Å². The van der Waals surface area contributed by atoms with E-state index < -0.39 is 6.10 Å². The second-order valence-electron chi connectivity index (χ2n) is 23.5. The molecule has 448 valence electrons. The van der Waals surface area contributed by atoms with Crippen LogP contribution in [0, 0.1) is 0 Å². The van der Waals surface area contributed by atoms with Gasteiger partial charge >= 0.3 is 17.9 Å². The third-order valence-electron chi connectivity index (χ3n) is 15.7. The quantitative estimate of drug-likeness (QED) is 0.0261. The number of allylic oxidation sites excluding steroid dienone is 4. The first-order chi connectivity index (χ1) is 37.5. The second-order valence-corrected chi connectivity index (χ2v) is 23.5. The van der Waals surface area contributed by atoms with Crippen molar-refractivity contribution >= 4 is 17.9 Å². The molecule has 0 aromatic carbocycles. The van der Waals surface area contributed by atoms with E-state index in [2.05, 4.69) is 45.1 Å². The number of esters is 3. The zero-order chi connectivity index (χ0) is 55.0. The Kier molecular flexibility index (Phi) is 63.6. The lowest BCUT2D eigenvalue weighted by molar-refractivity contribution is -0.167. The van der Waals surface area contributed by atoms with Gasteiger partial charge in [-0.2, -0.15) is 0 Å². The first-order valence-electron chi connectivity index (χ1n) is 34.3. The number of carbonyl (C=O) groups is 3. The fourth-order valence-corrected chi connectivity index (χ4v) is 10.5. The number of hydrogen-bond donors (Lipinski definition) is 0. The van der Waals surface area contributed by atoms with Gasteiger partial charge in [-0.1, -0.05) is 347 Å². The van der Waals surface area contributed by atoms with Gasteiger partial charge in [-0.15, -0.1) is 0 Å². The Morgan fingerprint density at radius 3 is 0.776 bits per heavy atom. The Labute approximate surface area is 474 Å². The van der Waals surface area contributed by atoms with Gasteiger partial charge in [-0.05, 0) is 44.9 Å². The van der Waals surface area contributed by atoms with Gasteiger partial charge in [0.25, 0.3) is 0 Å². The van der Waals surface area contributed by atoms with Crippen LogP contribution in [0.2, 0.25) is 0 Å². The third kappa shape index (κ3) is 62.7. The van der Waals surface area contributed by atoms with E-state index in [0.717, 1.165) is 83.5 Å². The number of carbonyl (C=O) groups excluding carboxylic acids is 3. The molecule has 0 spiro atoms. The molecule has 1 unspecified atom stereocenters. The van der Waals surface area contributed by atoms with Gasteiger partial charge in [-0.3, -0.25) is 14.4 Å². The van der Waals surface area contributed by atoms with Gasteiger partial charge in [0, 0.05) is 19.3 Å². The lowest BCUT2D eigenvalue weighted by atomic mass is 10.0. The normalized spacial score (nSPS) is 12.1. The van der Waals surface area contributed by atoms with Gasteiger partial charge in [0.15, 0.2) is 6.10 Å². The monoisotopic (exact) mass is 1070 g/mol. The highest BCUT2D eigenvalue weighted by Crippen LogP contribution is 2.19. The van der Waals surface area contributed by atoms with E-state index in [1.807, 2.05) is 0 Å². The molecule has 0 saturated heterocycles. The minimum absolute atomic E-state index is 0.0695. The summed E-state index contributed by atoms with van der Waals surface area (Å²) in [5.74, 6) is -0.854. The Morgan fingerprint density at radius 2 is 0.500 bits per heavy atom. The van der Waals surface area contributed by atoms with Crippen molar-refractivity contribution < 1.29 is 28.6 Å². The van der Waals surface area contributed by atoms with Gasteiger partial charge < -0.3 is 14.2 Å². The summed E-state index contributed by atoms with van der Waals surface area (Å²) < 4.78 is 17.0. The maximum Gasteiger partial charge on any atom is 0.306 e. The molecule has 1 atom stereocenters. The molecule has 0 N–H and O–H groups in total. The summed E-state index contributed by atoms with van der Waals surface area (Å²) in [5.41, 5.74) is 0. The summed E-state index contributed by atoms with van der Waals surface area (Å²) in [6.07, 6.45) is 79.3. The SMILES string of the molecule is CCC/C=C\C/C=C\CCCCCCCC(=O)OCC(COC(=O)CCCCCCCCCCCCCCCCCCCCCCCCCCCCC)OC(=O)CCCCCCCCCCCCCCCCCCCC. The average molecular weight is 1070 g/mol. The molecule has 76 heavy (non-hydrogen) atoms. The van der Waals surface area contributed by atoms with Crippen molar-refractivity contribution in [2.24, 2.45) is 0 Å². The van der Waals surface area contributed by atoms with Gasteiger partial charge in [0.05, 0.1) is 0 Å². The molecule has 0 radical (unpaired) electrons. The van der Waals surface area contributed by atoms with Crippen LogP contribution >= 0.6 is 0 Å². The average Bonchev–Trinajstić information content (AvgIpc) is 3.42. The zero-order valence-corrected chi connectivity index (χ0v) is 51.6. The lowest BCUT2D eigenvalue weighted by Gasteiger charge is -2.18. The van der Waals surface area contributed by atoms with Crippen LogP contribution in [0.15, 0.2) is 24.3 Å². The van der Waals surface area contributed by atoms with E-state index in [0.29, 0.717) is 19.3 Å². The topological polar surface area (TPSA) is 78.9 Å². The summed E-state index contributed by atoms with van der Waals surface area (Å²) in [7, 11) is 0. The fourth-order valence-electron chi connectivity index (χ4n) is 10.5. The van der Waals surface area contributed by atoms with E-state index in [1.54, 1.807) is 0 Å². The van der Waals surface area contributed by atoms with Crippen molar-refractivity contribution in [2.75, 3.05) is 13.2 Å². The molecule has 0 fully saturated rings. The first-order valence-corrected chi connectivity index (χ1v) is 34.3. The van der Waals surface area contributed by atoms with Crippen LogP contribution < -0.4 is 0 Å². The van der Waals surface area contributed by atoms with E-state index in [9.17, 15) is 14.4 Å². The summed E-state index contributed by atoms with van der Waals surface area (Å²) in [5, 5.41) is 0. The number of unbranched alkanes of at least 4 members (excludes halogenated alkanes) is 49. The van der Waals surface area contributed by atoms with E-state index in [1.165, 1.54) is 263 Å². The molecule has 0 aliphatic rings. The van der Waals surface area contributed by atoms with Crippen LogP contribution in [0.4, 0.5) is 0 Å².